The Labute approximate surface area is 103 Å². The topological polar surface area (TPSA) is 26.0 Å². The lowest BCUT2D eigenvalue weighted by atomic mass is 9.82. The molecule has 16 heavy (non-hydrogen) atoms. The summed E-state index contributed by atoms with van der Waals surface area (Å²) in [6.07, 6.45) is 1.08. The van der Waals surface area contributed by atoms with Crippen LogP contribution in [0.5, 0.6) is 0 Å². The molecule has 0 aliphatic heterocycles. The minimum Gasteiger partial charge on any atom is -0.330 e. The molecule has 4 heteroatoms. The molecular formula is C12H16BrF2N. The number of hydrogen-bond acceptors (Lipinski definition) is 1. The summed E-state index contributed by atoms with van der Waals surface area (Å²) in [4.78, 5) is 0. The van der Waals surface area contributed by atoms with Crippen LogP contribution in [0.3, 0.4) is 0 Å². The fraction of sp³-hybridized carbons (Fsp3) is 0.500. The Kier molecular flexibility index (Phi) is 4.44. The van der Waals surface area contributed by atoms with E-state index in [4.69, 9.17) is 5.73 Å². The summed E-state index contributed by atoms with van der Waals surface area (Å²) < 4.78 is 27.5. The van der Waals surface area contributed by atoms with E-state index in [1.807, 2.05) is 13.8 Å². The first-order valence-electron chi connectivity index (χ1n) is 5.20. The van der Waals surface area contributed by atoms with Crippen molar-refractivity contribution in [3.8, 4) is 0 Å². The second-order valence-corrected chi connectivity index (χ2v) is 5.56. The maximum Gasteiger partial charge on any atom is 0.143 e. The predicted octanol–water partition coefficient (Wildman–Crippen LogP) is 3.64. The Bertz CT molecular complexity index is 378. The molecule has 0 unspecified atom stereocenters. The third-order valence-corrected chi connectivity index (χ3v) is 3.23. The summed E-state index contributed by atoms with van der Waals surface area (Å²) in [5.74, 6) is -1.00. The normalized spacial score (nSPS) is 11.9. The maximum atomic E-state index is 13.7. The summed E-state index contributed by atoms with van der Waals surface area (Å²) >= 11 is 3.06. The van der Waals surface area contributed by atoms with Crippen LogP contribution in [0.1, 0.15) is 25.8 Å². The fourth-order valence-corrected chi connectivity index (χ4v) is 2.06. The maximum absolute atomic E-state index is 13.7. The predicted molar refractivity (Wildman–Crippen MR) is 65.2 cm³/mol. The van der Waals surface area contributed by atoms with Gasteiger partial charge < -0.3 is 5.73 Å². The van der Waals surface area contributed by atoms with Gasteiger partial charge in [-0.15, -0.1) is 0 Å². The molecule has 0 aliphatic carbocycles. The minimum atomic E-state index is -0.509. The fourth-order valence-electron chi connectivity index (χ4n) is 1.69. The van der Waals surface area contributed by atoms with Crippen LogP contribution in [0.2, 0.25) is 0 Å². The summed E-state index contributed by atoms with van der Waals surface area (Å²) in [5, 5.41) is 0. The third kappa shape index (κ3) is 3.25. The summed E-state index contributed by atoms with van der Waals surface area (Å²) in [5.41, 5.74) is 5.41. The van der Waals surface area contributed by atoms with E-state index in [2.05, 4.69) is 15.9 Å². The first-order chi connectivity index (χ1) is 7.37. The Morgan fingerprint density at radius 2 is 1.94 bits per heavy atom. The molecule has 0 amide bonds. The van der Waals surface area contributed by atoms with Crippen LogP contribution in [0.25, 0.3) is 0 Å². The van der Waals surface area contributed by atoms with Gasteiger partial charge in [0, 0.05) is 5.56 Å². The summed E-state index contributed by atoms with van der Waals surface area (Å²) in [6.45, 7) is 4.43. The molecule has 0 aliphatic rings. The molecule has 0 atom stereocenters. The Hall–Kier alpha value is -0.480. The highest BCUT2D eigenvalue weighted by molar-refractivity contribution is 9.10. The first kappa shape index (κ1) is 13.6. The second-order valence-electron chi connectivity index (χ2n) is 4.70. The van der Waals surface area contributed by atoms with Crippen LogP contribution in [0.4, 0.5) is 8.78 Å². The Morgan fingerprint density at radius 1 is 1.31 bits per heavy atom. The average Bonchev–Trinajstić information content (AvgIpc) is 2.19. The van der Waals surface area contributed by atoms with Crippen LogP contribution in [-0.4, -0.2) is 6.54 Å². The van der Waals surface area contributed by atoms with Crippen molar-refractivity contribution in [3.63, 3.8) is 0 Å². The van der Waals surface area contributed by atoms with Gasteiger partial charge in [-0.1, -0.05) is 13.8 Å². The monoisotopic (exact) mass is 291 g/mol. The Balaban J connectivity index is 3.01. The van der Waals surface area contributed by atoms with E-state index in [0.717, 1.165) is 6.42 Å². The zero-order valence-corrected chi connectivity index (χ0v) is 11.1. The van der Waals surface area contributed by atoms with E-state index in [0.29, 0.717) is 17.4 Å². The van der Waals surface area contributed by atoms with E-state index in [9.17, 15) is 8.78 Å². The molecule has 2 N–H and O–H groups in total. The molecule has 0 fully saturated rings. The Morgan fingerprint density at radius 3 is 2.50 bits per heavy atom. The number of hydrogen-bond donors (Lipinski definition) is 1. The van der Waals surface area contributed by atoms with Crippen molar-refractivity contribution < 1.29 is 8.78 Å². The largest absolute Gasteiger partial charge is 0.330 e. The van der Waals surface area contributed by atoms with Crippen LogP contribution in [0.15, 0.2) is 16.6 Å². The van der Waals surface area contributed by atoms with Crippen molar-refractivity contribution in [1.82, 2.24) is 0 Å². The molecule has 1 rings (SSSR count). The number of nitrogens with two attached hydrogens (primary N) is 1. The van der Waals surface area contributed by atoms with E-state index >= 15 is 0 Å². The van der Waals surface area contributed by atoms with Crippen molar-refractivity contribution in [2.24, 2.45) is 11.1 Å². The smallest absolute Gasteiger partial charge is 0.143 e. The van der Waals surface area contributed by atoms with Gasteiger partial charge in [0.15, 0.2) is 0 Å². The van der Waals surface area contributed by atoms with Crippen LogP contribution < -0.4 is 5.73 Å². The van der Waals surface area contributed by atoms with Gasteiger partial charge in [-0.2, -0.15) is 0 Å². The molecule has 0 aromatic heterocycles. The molecule has 0 bridgehead atoms. The van der Waals surface area contributed by atoms with E-state index in [1.165, 1.54) is 12.1 Å². The summed E-state index contributed by atoms with van der Waals surface area (Å²) in [7, 11) is 0. The van der Waals surface area contributed by atoms with Crippen LogP contribution in [0, 0.1) is 17.0 Å². The van der Waals surface area contributed by atoms with Crippen molar-refractivity contribution in [3.05, 3.63) is 33.8 Å². The molecule has 1 nitrogen and oxygen atoms in total. The van der Waals surface area contributed by atoms with Crippen molar-refractivity contribution in [2.75, 3.05) is 6.54 Å². The third-order valence-electron chi connectivity index (χ3n) is 2.62. The molecule has 0 saturated carbocycles. The summed E-state index contributed by atoms with van der Waals surface area (Å²) in [6, 6.07) is 2.66. The van der Waals surface area contributed by atoms with Gasteiger partial charge in [0.05, 0.1) is 4.47 Å². The van der Waals surface area contributed by atoms with Crippen LogP contribution >= 0.6 is 15.9 Å². The molecular weight excluding hydrogens is 276 g/mol. The van der Waals surface area contributed by atoms with Crippen molar-refractivity contribution >= 4 is 15.9 Å². The van der Waals surface area contributed by atoms with Crippen molar-refractivity contribution in [1.29, 1.82) is 0 Å². The van der Waals surface area contributed by atoms with Gasteiger partial charge in [0.25, 0.3) is 0 Å². The van der Waals surface area contributed by atoms with Crippen molar-refractivity contribution in [2.45, 2.75) is 26.7 Å². The molecule has 0 heterocycles. The standard InChI is InChI=1S/C12H16BrF2N/c1-12(2,5-6-16)7-8-10(14)4-3-9(13)11(8)15/h3-4H,5-7,16H2,1-2H3. The average molecular weight is 292 g/mol. The number of benzene rings is 1. The van der Waals surface area contributed by atoms with Gasteiger partial charge in [-0.3, -0.25) is 0 Å². The van der Waals surface area contributed by atoms with Gasteiger partial charge in [0.1, 0.15) is 11.6 Å². The van der Waals surface area contributed by atoms with E-state index in [-0.39, 0.29) is 11.0 Å². The van der Waals surface area contributed by atoms with Gasteiger partial charge in [-0.25, -0.2) is 8.78 Å². The van der Waals surface area contributed by atoms with Crippen LogP contribution in [-0.2, 0) is 6.42 Å². The molecule has 1 aromatic carbocycles. The first-order valence-corrected chi connectivity index (χ1v) is 5.99. The highest BCUT2D eigenvalue weighted by atomic mass is 79.9. The van der Waals surface area contributed by atoms with Gasteiger partial charge in [-0.05, 0) is 52.9 Å². The van der Waals surface area contributed by atoms with Gasteiger partial charge >= 0.3 is 0 Å². The van der Waals surface area contributed by atoms with Gasteiger partial charge in [0.2, 0.25) is 0 Å². The lowest BCUT2D eigenvalue weighted by Crippen LogP contribution is -2.21. The molecule has 0 saturated heterocycles. The molecule has 1 aromatic rings. The quantitative estimate of drug-likeness (QED) is 0.842. The minimum absolute atomic E-state index is 0.132. The molecule has 0 radical (unpaired) electrons. The second kappa shape index (κ2) is 5.23. The highest BCUT2D eigenvalue weighted by Crippen LogP contribution is 2.30. The SMILES string of the molecule is CC(C)(CCN)Cc1c(F)ccc(Br)c1F. The van der Waals surface area contributed by atoms with E-state index in [1.54, 1.807) is 0 Å². The van der Waals surface area contributed by atoms with E-state index < -0.39 is 11.6 Å². The molecule has 0 spiro atoms. The number of halogens is 3. The lowest BCUT2D eigenvalue weighted by molar-refractivity contribution is 0.327. The zero-order chi connectivity index (χ0) is 12.3. The number of rotatable bonds is 4. The zero-order valence-electron chi connectivity index (χ0n) is 9.49. The lowest BCUT2D eigenvalue weighted by Gasteiger charge is -2.24. The molecule has 90 valence electrons. The highest BCUT2D eigenvalue weighted by Gasteiger charge is 2.22.